The van der Waals surface area contributed by atoms with E-state index in [2.05, 4.69) is 5.32 Å². The molecule has 3 N–H and O–H groups in total. The quantitative estimate of drug-likeness (QED) is 0.265. The van der Waals surface area contributed by atoms with Crippen molar-refractivity contribution < 1.29 is 41.5 Å². The first kappa shape index (κ1) is 23.7. The molecule has 0 bridgehead atoms. The second-order valence-corrected chi connectivity index (χ2v) is 6.79. The molecule has 3 aromatic rings. The lowest BCUT2D eigenvalue weighted by molar-refractivity contribution is -0.140. The lowest BCUT2D eigenvalue weighted by Gasteiger charge is -2.17. The molecule has 0 radical (unpaired) electrons. The molecule has 0 spiro atoms. The van der Waals surface area contributed by atoms with Gasteiger partial charge in [0.05, 0.1) is 5.56 Å². The number of hydroxylamine groups is 1. The lowest BCUT2D eigenvalue weighted by Crippen LogP contribution is -2.20. The van der Waals surface area contributed by atoms with Crippen molar-refractivity contribution in [1.82, 2.24) is 5.48 Å². The van der Waals surface area contributed by atoms with E-state index in [0.717, 1.165) is 24.3 Å². The number of halogens is 5. The number of hydrogen-bond donors (Lipinski definition) is 3. The van der Waals surface area contributed by atoms with Crippen LogP contribution in [0, 0.1) is 18.6 Å². The fourth-order valence-electron chi connectivity index (χ4n) is 2.92. The molecule has 0 aromatic heterocycles. The Hall–Kier alpha value is -3.99. The second-order valence-electron chi connectivity index (χ2n) is 6.79. The Morgan fingerprint density at radius 1 is 0.939 bits per heavy atom. The highest BCUT2D eigenvalue weighted by molar-refractivity contribution is 6.07. The number of nitrogens with one attached hydrogen (secondary N) is 2. The summed E-state index contributed by atoms with van der Waals surface area (Å²) in [5.74, 6) is -5.23. The number of rotatable bonds is 5. The van der Waals surface area contributed by atoms with Gasteiger partial charge >= 0.3 is 6.18 Å². The molecule has 0 atom stereocenters. The van der Waals surface area contributed by atoms with Gasteiger partial charge in [-0.15, -0.1) is 0 Å². The summed E-state index contributed by atoms with van der Waals surface area (Å²) >= 11 is 0. The van der Waals surface area contributed by atoms with Gasteiger partial charge in [0.15, 0.2) is 5.82 Å². The van der Waals surface area contributed by atoms with Gasteiger partial charge in [-0.1, -0.05) is 6.07 Å². The molecule has 3 aromatic carbocycles. The van der Waals surface area contributed by atoms with Crippen LogP contribution in [0.1, 0.15) is 31.8 Å². The SMILES string of the molecule is Cc1cc(F)ccc1Oc1ccc(C(F)(F)F)c(F)c1C(=O)Nc1cccc(C(=O)NO)c1. The fraction of sp³-hybridized carbons (Fsp3) is 0.0909. The molecule has 0 saturated heterocycles. The van der Waals surface area contributed by atoms with Crippen molar-refractivity contribution >= 4 is 17.5 Å². The van der Waals surface area contributed by atoms with Crippen LogP contribution in [0.2, 0.25) is 0 Å². The van der Waals surface area contributed by atoms with Crippen molar-refractivity contribution in [1.29, 1.82) is 0 Å². The summed E-state index contributed by atoms with van der Waals surface area (Å²) in [6, 6.07) is 9.51. The number of carbonyl (C=O) groups is 2. The van der Waals surface area contributed by atoms with Gasteiger partial charge in [-0.2, -0.15) is 13.2 Å². The molecular formula is C22H15F5N2O4. The second kappa shape index (κ2) is 9.25. The molecule has 0 aliphatic heterocycles. The van der Waals surface area contributed by atoms with Crippen molar-refractivity contribution in [3.8, 4) is 11.5 Å². The average molecular weight is 466 g/mol. The van der Waals surface area contributed by atoms with E-state index in [1.54, 1.807) is 0 Å². The van der Waals surface area contributed by atoms with Crippen molar-refractivity contribution in [2.24, 2.45) is 0 Å². The number of aryl methyl sites for hydroxylation is 1. The first-order valence-corrected chi connectivity index (χ1v) is 9.21. The number of carbonyl (C=O) groups excluding carboxylic acids is 2. The molecule has 0 heterocycles. The monoisotopic (exact) mass is 466 g/mol. The first-order valence-electron chi connectivity index (χ1n) is 9.21. The highest BCUT2D eigenvalue weighted by atomic mass is 19.4. The van der Waals surface area contributed by atoms with Crippen molar-refractivity contribution in [2.75, 3.05) is 5.32 Å². The first-order chi connectivity index (χ1) is 15.5. The molecule has 6 nitrogen and oxygen atoms in total. The average Bonchev–Trinajstić information content (AvgIpc) is 2.74. The van der Waals surface area contributed by atoms with Crippen LogP contribution in [0.5, 0.6) is 11.5 Å². The van der Waals surface area contributed by atoms with E-state index >= 15 is 0 Å². The van der Waals surface area contributed by atoms with Crippen molar-refractivity contribution in [2.45, 2.75) is 13.1 Å². The van der Waals surface area contributed by atoms with E-state index in [0.29, 0.717) is 6.07 Å². The van der Waals surface area contributed by atoms with Gasteiger partial charge in [-0.05, 0) is 61.0 Å². The van der Waals surface area contributed by atoms with Crippen molar-refractivity contribution in [3.05, 3.63) is 88.5 Å². The van der Waals surface area contributed by atoms with E-state index in [1.807, 2.05) is 0 Å². The molecule has 0 aliphatic carbocycles. The molecule has 33 heavy (non-hydrogen) atoms. The van der Waals surface area contributed by atoms with Gasteiger partial charge in [0.1, 0.15) is 22.9 Å². The van der Waals surface area contributed by atoms with E-state index in [1.165, 1.54) is 36.7 Å². The van der Waals surface area contributed by atoms with Gasteiger partial charge in [0, 0.05) is 11.3 Å². The predicted octanol–water partition coefficient (Wildman–Crippen LogP) is 5.46. The molecular weight excluding hydrogens is 451 g/mol. The van der Waals surface area contributed by atoms with Crippen LogP contribution in [0.15, 0.2) is 54.6 Å². The largest absolute Gasteiger partial charge is 0.456 e. The van der Waals surface area contributed by atoms with E-state index in [9.17, 15) is 31.5 Å². The van der Waals surface area contributed by atoms with Crippen LogP contribution in [-0.2, 0) is 6.18 Å². The van der Waals surface area contributed by atoms with E-state index in [4.69, 9.17) is 9.94 Å². The minimum atomic E-state index is -5.09. The Labute approximate surface area is 183 Å². The lowest BCUT2D eigenvalue weighted by atomic mass is 10.1. The fourth-order valence-corrected chi connectivity index (χ4v) is 2.92. The number of hydrogen-bond acceptors (Lipinski definition) is 4. The normalized spacial score (nSPS) is 11.1. The van der Waals surface area contributed by atoms with Crippen LogP contribution in [0.3, 0.4) is 0 Å². The minimum absolute atomic E-state index is 0.00813. The highest BCUT2D eigenvalue weighted by Crippen LogP contribution is 2.38. The van der Waals surface area contributed by atoms with Gasteiger partial charge in [0.2, 0.25) is 0 Å². The van der Waals surface area contributed by atoms with Crippen LogP contribution in [0.4, 0.5) is 27.6 Å². The summed E-state index contributed by atoms with van der Waals surface area (Å²) in [4.78, 5) is 24.3. The third kappa shape index (κ3) is 5.26. The molecule has 172 valence electrons. The third-order valence-corrected chi connectivity index (χ3v) is 4.48. The smallest absolute Gasteiger partial charge is 0.419 e. The zero-order valence-electron chi connectivity index (χ0n) is 16.8. The van der Waals surface area contributed by atoms with Crippen molar-refractivity contribution in [3.63, 3.8) is 0 Å². The Bertz CT molecular complexity index is 1230. The Morgan fingerprint density at radius 2 is 1.64 bits per heavy atom. The molecule has 11 heteroatoms. The molecule has 3 rings (SSSR count). The molecule has 0 fully saturated rings. The number of amides is 2. The predicted molar refractivity (Wildman–Crippen MR) is 106 cm³/mol. The summed E-state index contributed by atoms with van der Waals surface area (Å²) in [5.41, 5.74) is -1.25. The number of benzene rings is 3. The van der Waals surface area contributed by atoms with E-state index < -0.39 is 46.5 Å². The summed E-state index contributed by atoms with van der Waals surface area (Å²) in [6.07, 6.45) is -5.09. The summed E-state index contributed by atoms with van der Waals surface area (Å²) in [6.45, 7) is 1.45. The number of alkyl halides is 3. The zero-order chi connectivity index (χ0) is 24.3. The number of anilines is 1. The van der Waals surface area contributed by atoms with E-state index in [-0.39, 0.29) is 22.6 Å². The summed E-state index contributed by atoms with van der Waals surface area (Å²) in [5, 5.41) is 10.9. The molecule has 0 unspecified atom stereocenters. The van der Waals surface area contributed by atoms with Gasteiger partial charge in [0.25, 0.3) is 11.8 Å². The Balaban J connectivity index is 2.05. The van der Waals surface area contributed by atoms with Gasteiger partial charge in [-0.3, -0.25) is 14.8 Å². The third-order valence-electron chi connectivity index (χ3n) is 4.48. The highest BCUT2D eigenvalue weighted by Gasteiger charge is 2.37. The topological polar surface area (TPSA) is 87.7 Å². The molecule has 0 saturated carbocycles. The Kier molecular flexibility index (Phi) is 6.63. The molecule has 2 amide bonds. The van der Waals surface area contributed by atoms with Crippen LogP contribution < -0.4 is 15.5 Å². The molecule has 0 aliphatic rings. The maximum absolute atomic E-state index is 14.9. The number of ether oxygens (including phenoxy) is 1. The summed E-state index contributed by atoms with van der Waals surface area (Å²) in [7, 11) is 0. The maximum Gasteiger partial charge on any atom is 0.419 e. The van der Waals surface area contributed by atoms with Gasteiger partial charge < -0.3 is 10.1 Å². The minimum Gasteiger partial charge on any atom is -0.456 e. The zero-order valence-corrected chi connectivity index (χ0v) is 16.8. The standard InChI is InChI=1S/C22H15F5N2O4/c1-11-9-13(23)5-7-16(11)33-17-8-6-15(22(25,26)27)19(24)18(17)21(31)28-14-4-2-3-12(10-14)20(30)29-32/h2-10,32H,1H3,(H,28,31)(H,29,30). The van der Waals surface area contributed by atoms with Crippen LogP contribution >= 0.6 is 0 Å². The van der Waals surface area contributed by atoms with Gasteiger partial charge in [-0.25, -0.2) is 14.3 Å². The van der Waals surface area contributed by atoms with Crippen LogP contribution in [-0.4, -0.2) is 17.0 Å². The summed E-state index contributed by atoms with van der Waals surface area (Å²) < 4.78 is 73.4. The Morgan fingerprint density at radius 3 is 2.27 bits per heavy atom. The maximum atomic E-state index is 14.9. The van der Waals surface area contributed by atoms with Crippen LogP contribution in [0.25, 0.3) is 0 Å².